The quantitative estimate of drug-likeness (QED) is 0.325. The van der Waals surface area contributed by atoms with Crippen molar-refractivity contribution in [2.75, 3.05) is 0 Å². The van der Waals surface area contributed by atoms with Crippen molar-refractivity contribution in [1.82, 2.24) is 5.32 Å². The minimum absolute atomic E-state index is 0.0792. The van der Waals surface area contributed by atoms with Crippen molar-refractivity contribution in [3.05, 3.63) is 167 Å². The lowest BCUT2D eigenvalue weighted by molar-refractivity contribution is 0.130. The van der Waals surface area contributed by atoms with Gasteiger partial charge in [0.1, 0.15) is 17.7 Å². The second-order valence-electron chi connectivity index (χ2n) is 12.9. The molecule has 43 heavy (non-hydrogen) atoms. The highest BCUT2D eigenvalue weighted by Crippen LogP contribution is 2.56. The van der Waals surface area contributed by atoms with Gasteiger partial charge < -0.3 is 10.1 Å². The van der Waals surface area contributed by atoms with E-state index in [4.69, 9.17) is 9.73 Å². The molecule has 3 aromatic carbocycles. The molecule has 212 valence electrons. The summed E-state index contributed by atoms with van der Waals surface area (Å²) in [5, 5.41) is 3.77. The predicted octanol–water partition coefficient (Wildman–Crippen LogP) is 8.64. The maximum atomic E-state index is 6.58. The van der Waals surface area contributed by atoms with Gasteiger partial charge in [-0.25, -0.2) is 0 Å². The molecule has 3 nitrogen and oxygen atoms in total. The predicted molar refractivity (Wildman–Crippen MR) is 173 cm³/mol. The smallest absolute Gasteiger partial charge is 0.129 e. The van der Waals surface area contributed by atoms with E-state index in [1.54, 1.807) is 0 Å². The van der Waals surface area contributed by atoms with Crippen molar-refractivity contribution in [3.8, 4) is 0 Å². The van der Waals surface area contributed by atoms with Crippen molar-refractivity contribution < 1.29 is 4.74 Å². The summed E-state index contributed by atoms with van der Waals surface area (Å²) in [5.41, 5.74) is 8.08. The summed E-state index contributed by atoms with van der Waals surface area (Å²) in [4.78, 5) is 5.34. The number of ether oxygens (including phenoxy) is 1. The van der Waals surface area contributed by atoms with Gasteiger partial charge in [0.15, 0.2) is 0 Å². The summed E-state index contributed by atoms with van der Waals surface area (Å²) in [6.45, 7) is 0. The second kappa shape index (κ2) is 10.1. The molecule has 1 N–H and O–H groups in total. The molecule has 3 aromatic rings. The van der Waals surface area contributed by atoms with Gasteiger partial charge in [0, 0.05) is 28.9 Å². The molecule has 3 heteroatoms. The van der Waals surface area contributed by atoms with E-state index in [0.717, 1.165) is 36.4 Å². The van der Waals surface area contributed by atoms with Crippen LogP contribution in [0.1, 0.15) is 71.0 Å². The van der Waals surface area contributed by atoms with Gasteiger partial charge in [-0.2, -0.15) is 0 Å². The molecule has 9 rings (SSSR count). The highest BCUT2D eigenvalue weighted by molar-refractivity contribution is 5.99. The number of hydrogen-bond acceptors (Lipinski definition) is 3. The van der Waals surface area contributed by atoms with Crippen LogP contribution in [0.5, 0.6) is 0 Å². The molecule has 6 aliphatic rings. The maximum Gasteiger partial charge on any atom is 0.129 e. The van der Waals surface area contributed by atoms with Crippen molar-refractivity contribution in [3.63, 3.8) is 0 Å². The first-order valence-electron chi connectivity index (χ1n) is 16.0. The lowest BCUT2D eigenvalue weighted by atomic mass is 9.60. The largest absolute Gasteiger partial charge is 0.489 e. The van der Waals surface area contributed by atoms with Gasteiger partial charge in [-0.15, -0.1) is 0 Å². The Labute approximate surface area is 254 Å². The van der Waals surface area contributed by atoms with Crippen LogP contribution in [0.2, 0.25) is 0 Å². The fraction of sp³-hybridized carbons (Fsp3) is 0.275. The average Bonchev–Trinajstić information content (AvgIpc) is 3.45. The summed E-state index contributed by atoms with van der Waals surface area (Å²) in [5.74, 6) is 4.13. The highest BCUT2D eigenvalue weighted by atomic mass is 16.5. The fourth-order valence-corrected chi connectivity index (χ4v) is 8.46. The van der Waals surface area contributed by atoms with Crippen LogP contribution < -0.4 is 5.32 Å². The van der Waals surface area contributed by atoms with Crippen LogP contribution in [0.25, 0.3) is 0 Å². The number of fused-ring (bicyclic) bond motifs is 9. The first kappa shape index (κ1) is 25.2. The van der Waals surface area contributed by atoms with Crippen LogP contribution in [0.3, 0.4) is 0 Å². The van der Waals surface area contributed by atoms with Crippen LogP contribution in [0, 0.1) is 17.8 Å². The molecular weight excluding hydrogens is 524 g/mol. The third-order valence-corrected chi connectivity index (χ3v) is 10.5. The Morgan fingerprint density at radius 3 is 2.44 bits per heavy atom. The summed E-state index contributed by atoms with van der Waals surface area (Å²) < 4.78 is 6.58. The second-order valence-corrected chi connectivity index (χ2v) is 12.9. The van der Waals surface area contributed by atoms with Crippen molar-refractivity contribution in [2.45, 2.75) is 49.3 Å². The van der Waals surface area contributed by atoms with Crippen molar-refractivity contribution in [1.29, 1.82) is 0 Å². The van der Waals surface area contributed by atoms with Crippen LogP contribution in [-0.4, -0.2) is 11.9 Å². The summed E-state index contributed by atoms with van der Waals surface area (Å²) in [6.07, 6.45) is 22.7. The number of benzene rings is 3. The fourth-order valence-electron chi connectivity index (χ4n) is 8.46. The number of allylic oxidation sites excluding steroid dienone is 8. The number of aliphatic imine (C=N–C) groups is 1. The molecule has 8 unspecified atom stereocenters. The third-order valence-electron chi connectivity index (χ3n) is 10.5. The van der Waals surface area contributed by atoms with E-state index in [-0.39, 0.29) is 12.1 Å². The Morgan fingerprint density at radius 2 is 1.56 bits per heavy atom. The lowest BCUT2D eigenvalue weighted by Gasteiger charge is -2.43. The molecule has 4 aliphatic carbocycles. The normalized spacial score (nSPS) is 32.9. The Morgan fingerprint density at radius 1 is 0.721 bits per heavy atom. The molecule has 0 bridgehead atoms. The van der Waals surface area contributed by atoms with Crippen LogP contribution >= 0.6 is 0 Å². The summed E-state index contributed by atoms with van der Waals surface area (Å²) in [7, 11) is 0. The molecule has 0 spiro atoms. The molecule has 0 aromatic heterocycles. The Kier molecular flexibility index (Phi) is 5.92. The van der Waals surface area contributed by atoms with Crippen molar-refractivity contribution in [2.24, 2.45) is 22.7 Å². The molecule has 2 aliphatic heterocycles. The van der Waals surface area contributed by atoms with Gasteiger partial charge in [0.05, 0.1) is 12.1 Å². The zero-order valence-corrected chi connectivity index (χ0v) is 24.2. The number of amidine groups is 1. The zero-order valence-electron chi connectivity index (χ0n) is 24.2. The first-order valence-corrected chi connectivity index (χ1v) is 16.0. The van der Waals surface area contributed by atoms with Gasteiger partial charge in [0.2, 0.25) is 0 Å². The number of nitrogens with one attached hydrogen (secondary N) is 1. The van der Waals surface area contributed by atoms with E-state index >= 15 is 0 Å². The van der Waals surface area contributed by atoms with E-state index in [1.807, 2.05) is 0 Å². The molecule has 8 atom stereocenters. The Bertz CT molecular complexity index is 1740. The molecule has 0 amide bonds. The molecular formula is C40H36N2O. The van der Waals surface area contributed by atoms with Gasteiger partial charge >= 0.3 is 0 Å². The molecule has 0 radical (unpaired) electrons. The number of rotatable bonds is 3. The average molecular weight is 561 g/mol. The van der Waals surface area contributed by atoms with Gasteiger partial charge in [-0.05, 0) is 59.4 Å². The van der Waals surface area contributed by atoms with E-state index < -0.39 is 0 Å². The van der Waals surface area contributed by atoms with Crippen LogP contribution in [0.15, 0.2) is 144 Å². The SMILES string of the molecule is C1=CC2c3cc(C4CC(c5ccccc5)NC(c5ccccc5)=N4)ccc3C3C=C4OC5CCC=CC5C4=CC3C2C=C1. The standard InChI is InChI=1S/C40H36N2O/c1-3-11-25(12-4-1)36-24-37(42-40(41-36)26-13-5-2-6-14-26)27-19-20-30-32(21-27)28-15-7-8-16-29(28)33-22-35-31-17-9-10-18-38(31)43-39(35)23-34(30)33/h1-9,11-17,19-23,28-29,31,33-34,36-38H,10,18,24H2,(H,41,42). The zero-order chi connectivity index (χ0) is 28.3. The Hall–Kier alpha value is -4.37. The van der Waals surface area contributed by atoms with E-state index in [2.05, 4.69) is 133 Å². The van der Waals surface area contributed by atoms with Gasteiger partial charge in [0.25, 0.3) is 0 Å². The number of hydrogen-bond donors (Lipinski definition) is 1. The molecule has 1 saturated heterocycles. The highest BCUT2D eigenvalue weighted by Gasteiger charge is 2.46. The summed E-state index contributed by atoms with van der Waals surface area (Å²) in [6, 6.07) is 28.9. The minimum Gasteiger partial charge on any atom is -0.489 e. The van der Waals surface area contributed by atoms with E-state index in [1.165, 1.54) is 27.8 Å². The third kappa shape index (κ3) is 4.20. The molecule has 0 saturated carbocycles. The summed E-state index contributed by atoms with van der Waals surface area (Å²) >= 11 is 0. The van der Waals surface area contributed by atoms with Crippen LogP contribution in [-0.2, 0) is 4.74 Å². The van der Waals surface area contributed by atoms with E-state index in [0.29, 0.717) is 35.7 Å². The number of nitrogens with zero attached hydrogens (tertiary/aromatic N) is 1. The topological polar surface area (TPSA) is 33.6 Å². The van der Waals surface area contributed by atoms with Crippen molar-refractivity contribution >= 4 is 5.84 Å². The monoisotopic (exact) mass is 560 g/mol. The lowest BCUT2D eigenvalue weighted by Crippen LogP contribution is -2.35. The first-order chi connectivity index (χ1) is 21.3. The van der Waals surface area contributed by atoms with Gasteiger partial charge in [-0.1, -0.05) is 121 Å². The molecule has 2 heterocycles. The van der Waals surface area contributed by atoms with Crippen LogP contribution in [0.4, 0.5) is 0 Å². The minimum atomic E-state index is 0.0792. The van der Waals surface area contributed by atoms with Gasteiger partial charge in [-0.3, -0.25) is 4.99 Å². The maximum absolute atomic E-state index is 6.58. The van der Waals surface area contributed by atoms with E-state index in [9.17, 15) is 0 Å². The molecule has 1 fully saturated rings. The Balaban J connectivity index is 1.12.